The topological polar surface area (TPSA) is 73.0 Å². The molecule has 7 heteroatoms. The smallest absolute Gasteiger partial charge is 0.265 e. The first-order chi connectivity index (χ1) is 16.7. The number of hydrogen-bond acceptors (Lipinski definition) is 3. The predicted molar refractivity (Wildman–Crippen MR) is 130 cm³/mol. The van der Waals surface area contributed by atoms with E-state index in [1.807, 2.05) is 31.2 Å². The Bertz CT molecular complexity index is 1340. The molecule has 0 bridgehead atoms. The second-order valence-electron chi connectivity index (χ2n) is 10.1. The Labute approximate surface area is 205 Å². The van der Waals surface area contributed by atoms with Crippen molar-refractivity contribution in [3.05, 3.63) is 76.2 Å². The standard InChI is InChI=1S/C28H29FN4O2/c1-5-23-24(31-26(32(23)4)27(3)16-35-17-27)22-12-20(9-6-18(22)2)25(34)33-14-28(29,15-33)21-10-7-19(13-30)8-11-21/h6-12H,5,14-17H2,1-4H3/p+1. The number of nitrogens with zero attached hydrogens (tertiary/aromatic N) is 3. The zero-order valence-electron chi connectivity index (χ0n) is 20.6. The summed E-state index contributed by atoms with van der Waals surface area (Å²) >= 11 is 0. The highest BCUT2D eigenvalue weighted by Crippen LogP contribution is 2.38. The van der Waals surface area contributed by atoms with Gasteiger partial charge in [-0.1, -0.05) is 25.1 Å². The number of nitriles is 1. The molecule has 6 nitrogen and oxygen atoms in total. The van der Waals surface area contributed by atoms with Crippen LogP contribution in [0.2, 0.25) is 0 Å². The molecule has 2 saturated heterocycles. The molecule has 3 aromatic rings. The second-order valence-corrected chi connectivity index (χ2v) is 10.1. The molecule has 1 N–H and O–H groups in total. The Morgan fingerprint density at radius 3 is 2.49 bits per heavy atom. The summed E-state index contributed by atoms with van der Waals surface area (Å²) in [6.07, 6.45) is 0.845. The lowest BCUT2D eigenvalue weighted by Crippen LogP contribution is -2.58. The summed E-state index contributed by atoms with van der Waals surface area (Å²) < 4.78 is 23.1. The zero-order valence-corrected chi connectivity index (χ0v) is 20.6. The second kappa shape index (κ2) is 8.31. The Morgan fingerprint density at radius 1 is 1.23 bits per heavy atom. The highest BCUT2D eigenvalue weighted by atomic mass is 19.1. The van der Waals surface area contributed by atoms with Crippen LogP contribution in [0.15, 0.2) is 42.5 Å². The minimum Gasteiger partial charge on any atom is -0.379 e. The molecule has 2 fully saturated rings. The Morgan fingerprint density at radius 2 is 1.91 bits per heavy atom. The molecule has 5 rings (SSSR count). The van der Waals surface area contributed by atoms with Gasteiger partial charge in [-0.05, 0) is 49.2 Å². The van der Waals surface area contributed by atoms with Crippen LogP contribution >= 0.6 is 0 Å². The maximum Gasteiger partial charge on any atom is 0.265 e. The van der Waals surface area contributed by atoms with Crippen molar-refractivity contribution in [2.75, 3.05) is 26.3 Å². The molecule has 2 aliphatic heterocycles. The molecule has 0 radical (unpaired) electrons. The van der Waals surface area contributed by atoms with Crippen molar-refractivity contribution in [3.8, 4) is 17.3 Å². The first-order valence-corrected chi connectivity index (χ1v) is 12.0. The van der Waals surface area contributed by atoms with E-state index in [9.17, 15) is 4.79 Å². The summed E-state index contributed by atoms with van der Waals surface area (Å²) in [5.41, 5.74) is 4.14. The molecular weight excluding hydrogens is 443 g/mol. The summed E-state index contributed by atoms with van der Waals surface area (Å²) in [5, 5.41) is 8.97. The number of imidazole rings is 1. The number of alkyl halides is 1. The number of carbonyl (C=O) groups is 1. The Hall–Kier alpha value is -3.50. The number of aromatic amines is 1. The number of carbonyl (C=O) groups excluding carboxylic acids is 1. The van der Waals surface area contributed by atoms with Gasteiger partial charge in [0.1, 0.15) is 5.41 Å². The van der Waals surface area contributed by atoms with E-state index in [1.165, 1.54) is 5.69 Å². The van der Waals surface area contributed by atoms with Gasteiger partial charge in [-0.2, -0.15) is 5.26 Å². The Kier molecular flexibility index (Phi) is 5.52. The summed E-state index contributed by atoms with van der Waals surface area (Å²) in [6.45, 7) is 7.73. The van der Waals surface area contributed by atoms with Gasteiger partial charge in [0.05, 0.1) is 45.0 Å². The van der Waals surface area contributed by atoms with Crippen LogP contribution in [0.25, 0.3) is 11.3 Å². The third kappa shape index (κ3) is 3.73. The quantitative estimate of drug-likeness (QED) is 0.572. The number of aromatic nitrogens is 2. The zero-order chi connectivity index (χ0) is 25.0. The number of hydrogen-bond donors (Lipinski definition) is 1. The van der Waals surface area contributed by atoms with Crippen molar-refractivity contribution in [2.45, 2.75) is 38.3 Å². The fraction of sp³-hybridized carbons (Fsp3) is 0.393. The molecule has 0 spiro atoms. The Balaban J connectivity index is 1.41. The van der Waals surface area contributed by atoms with Crippen molar-refractivity contribution in [1.29, 1.82) is 5.26 Å². The van der Waals surface area contributed by atoms with Crippen molar-refractivity contribution in [1.82, 2.24) is 9.88 Å². The van der Waals surface area contributed by atoms with Gasteiger partial charge in [-0.3, -0.25) is 4.79 Å². The van der Waals surface area contributed by atoms with Crippen LogP contribution in [0.3, 0.4) is 0 Å². The monoisotopic (exact) mass is 473 g/mol. The largest absolute Gasteiger partial charge is 0.379 e. The SMILES string of the molecule is CCc1c(-c2cc(C(=O)N3CC(F)(c4ccc(C#N)cc4)C3)ccc2C)[nH]c(C2(C)COC2)[n+]1C. The fourth-order valence-corrected chi connectivity index (χ4v) is 5.25. The molecule has 0 atom stereocenters. The van der Waals surface area contributed by atoms with Crippen molar-refractivity contribution < 1.29 is 18.5 Å². The third-order valence-corrected chi connectivity index (χ3v) is 7.48. The lowest BCUT2D eigenvalue weighted by atomic mass is 9.87. The average molecular weight is 474 g/mol. The molecule has 1 amide bonds. The normalized spacial score (nSPS) is 17.9. The molecule has 180 valence electrons. The van der Waals surface area contributed by atoms with E-state index < -0.39 is 5.67 Å². The van der Waals surface area contributed by atoms with Gasteiger partial charge in [-0.15, -0.1) is 0 Å². The third-order valence-electron chi connectivity index (χ3n) is 7.48. The average Bonchev–Trinajstić information content (AvgIpc) is 3.16. The summed E-state index contributed by atoms with van der Waals surface area (Å²) in [4.78, 5) is 18.5. The molecule has 35 heavy (non-hydrogen) atoms. The van der Waals surface area contributed by atoms with Crippen LogP contribution in [0.1, 0.15) is 52.4 Å². The van der Waals surface area contributed by atoms with E-state index in [1.54, 1.807) is 29.2 Å². The van der Waals surface area contributed by atoms with E-state index in [0.29, 0.717) is 29.9 Å². The number of halogens is 1. The van der Waals surface area contributed by atoms with Gasteiger partial charge in [0.15, 0.2) is 17.1 Å². The van der Waals surface area contributed by atoms with E-state index in [-0.39, 0.29) is 24.4 Å². The van der Waals surface area contributed by atoms with Gasteiger partial charge in [-0.25, -0.2) is 13.9 Å². The highest BCUT2D eigenvalue weighted by Gasteiger charge is 2.48. The minimum absolute atomic E-state index is 0.00111. The van der Waals surface area contributed by atoms with E-state index in [4.69, 9.17) is 10.00 Å². The number of benzene rings is 2. The first-order valence-electron chi connectivity index (χ1n) is 12.0. The number of rotatable bonds is 5. The maximum absolute atomic E-state index is 15.4. The minimum atomic E-state index is -1.59. The summed E-state index contributed by atoms with van der Waals surface area (Å²) in [6, 6.07) is 14.2. The summed E-state index contributed by atoms with van der Waals surface area (Å²) in [7, 11) is 2.08. The van der Waals surface area contributed by atoms with Gasteiger partial charge in [0.25, 0.3) is 11.7 Å². The number of H-pyrrole nitrogens is 1. The lowest BCUT2D eigenvalue weighted by Gasteiger charge is -2.44. The van der Waals surface area contributed by atoms with Crippen molar-refractivity contribution in [2.24, 2.45) is 7.05 Å². The number of likely N-dealkylation sites (tertiary alicyclic amines) is 1. The van der Waals surface area contributed by atoms with E-state index in [2.05, 4.69) is 30.4 Å². The van der Waals surface area contributed by atoms with Gasteiger partial charge < -0.3 is 9.64 Å². The van der Waals surface area contributed by atoms with Crippen molar-refractivity contribution in [3.63, 3.8) is 0 Å². The molecule has 3 heterocycles. The van der Waals surface area contributed by atoms with Crippen LogP contribution < -0.4 is 4.57 Å². The lowest BCUT2D eigenvalue weighted by molar-refractivity contribution is -0.690. The molecule has 2 aliphatic rings. The molecule has 0 saturated carbocycles. The molecule has 2 aromatic carbocycles. The van der Waals surface area contributed by atoms with E-state index in [0.717, 1.165) is 29.1 Å². The maximum atomic E-state index is 15.4. The van der Waals surface area contributed by atoms with Crippen LogP contribution in [-0.4, -0.2) is 42.1 Å². The number of amides is 1. The van der Waals surface area contributed by atoms with Crippen LogP contribution in [0.5, 0.6) is 0 Å². The number of aryl methyl sites for hydroxylation is 1. The van der Waals surface area contributed by atoms with Crippen LogP contribution in [-0.2, 0) is 29.3 Å². The molecule has 0 aliphatic carbocycles. The molecular formula is C28H30FN4O2+. The fourth-order valence-electron chi connectivity index (χ4n) is 5.25. The molecule has 0 unspecified atom stereocenters. The van der Waals surface area contributed by atoms with Gasteiger partial charge in [0.2, 0.25) is 0 Å². The van der Waals surface area contributed by atoms with Crippen LogP contribution in [0.4, 0.5) is 4.39 Å². The molecule has 1 aromatic heterocycles. The van der Waals surface area contributed by atoms with Gasteiger partial charge in [0, 0.05) is 17.5 Å². The van der Waals surface area contributed by atoms with E-state index >= 15 is 4.39 Å². The number of ether oxygens (including phenoxy) is 1. The number of nitrogens with one attached hydrogen (secondary N) is 1. The van der Waals surface area contributed by atoms with Crippen LogP contribution in [0, 0.1) is 18.3 Å². The first kappa shape index (κ1) is 23.3. The van der Waals surface area contributed by atoms with Crippen molar-refractivity contribution >= 4 is 5.91 Å². The summed E-state index contributed by atoms with van der Waals surface area (Å²) in [5.74, 6) is 0.945. The van der Waals surface area contributed by atoms with Gasteiger partial charge >= 0.3 is 0 Å². The predicted octanol–water partition coefficient (Wildman–Crippen LogP) is 3.86. The highest BCUT2D eigenvalue weighted by molar-refractivity contribution is 5.96.